The third kappa shape index (κ3) is 7.41. The van der Waals surface area contributed by atoms with E-state index in [9.17, 15) is 29.1 Å². The molecule has 2 aromatic heterocycles. The number of hydrogen-bond acceptors (Lipinski definition) is 10. The van der Waals surface area contributed by atoms with Crippen molar-refractivity contribution in [3.05, 3.63) is 35.8 Å². The molecule has 266 valence electrons. The lowest BCUT2D eigenvalue weighted by Crippen LogP contribution is -2.57. The molecule has 4 amide bonds. The maximum absolute atomic E-state index is 14.3. The lowest BCUT2D eigenvalue weighted by Gasteiger charge is -2.29. The molecule has 2 saturated heterocycles. The molecule has 0 spiro atoms. The first-order valence-electron chi connectivity index (χ1n) is 16.7. The van der Waals surface area contributed by atoms with Gasteiger partial charge in [0.1, 0.15) is 46.3 Å². The van der Waals surface area contributed by atoms with Crippen molar-refractivity contribution in [1.29, 1.82) is 0 Å². The van der Waals surface area contributed by atoms with Gasteiger partial charge in [-0.2, -0.15) is 9.90 Å². The minimum absolute atomic E-state index is 0.00336. The van der Waals surface area contributed by atoms with Crippen molar-refractivity contribution >= 4 is 41.1 Å². The van der Waals surface area contributed by atoms with Crippen LogP contribution in [0.5, 0.6) is 5.75 Å². The predicted octanol–water partition coefficient (Wildman–Crippen LogP) is 2.68. The molecule has 17 heteroatoms. The molecule has 50 heavy (non-hydrogen) atoms. The molecule has 2 aliphatic heterocycles. The quantitative estimate of drug-likeness (QED) is 0.229. The summed E-state index contributed by atoms with van der Waals surface area (Å²) in [5.41, 5.74) is 0.416. The number of methoxy groups -OCH3 is 1. The molecule has 0 unspecified atom stereocenters. The van der Waals surface area contributed by atoms with E-state index in [0.717, 1.165) is 31.2 Å². The highest BCUT2D eigenvalue weighted by molar-refractivity contribution is 7.13. The highest BCUT2D eigenvalue weighted by Crippen LogP contribution is 2.48. The smallest absolute Gasteiger partial charge is 0.329 e. The number of aliphatic carboxylic acids is 2. The summed E-state index contributed by atoms with van der Waals surface area (Å²) in [6.07, 6.45) is 6.94. The van der Waals surface area contributed by atoms with Crippen LogP contribution in [0.25, 0.3) is 22.0 Å². The fourth-order valence-electron chi connectivity index (χ4n) is 6.93. The summed E-state index contributed by atoms with van der Waals surface area (Å²) < 4.78 is 5.31. The Balaban J connectivity index is 1.34. The number of aromatic nitrogens is 4. The Morgan fingerprint density at radius 1 is 1.04 bits per heavy atom. The number of amides is 4. The number of benzene rings is 1. The minimum Gasteiger partial charge on any atom is -0.497 e. The summed E-state index contributed by atoms with van der Waals surface area (Å²) in [5, 5.41) is 39.0. The van der Waals surface area contributed by atoms with Crippen molar-refractivity contribution < 1.29 is 38.9 Å². The Bertz CT molecular complexity index is 1730. The summed E-state index contributed by atoms with van der Waals surface area (Å²) in [6, 6.07) is 3.76. The minimum atomic E-state index is -1.40. The maximum Gasteiger partial charge on any atom is 0.329 e. The third-order valence-electron chi connectivity index (χ3n) is 9.70. The number of hydrogen-bond donors (Lipinski definition) is 5. The highest BCUT2D eigenvalue weighted by atomic mass is 32.1. The molecule has 6 rings (SSSR count). The zero-order valence-corrected chi connectivity index (χ0v) is 28.4. The Kier molecular flexibility index (Phi) is 10.3. The maximum atomic E-state index is 14.3. The van der Waals surface area contributed by atoms with Crippen molar-refractivity contribution in [2.24, 2.45) is 5.92 Å². The number of rotatable bonds is 8. The third-order valence-corrected chi connectivity index (χ3v) is 10.5. The first-order chi connectivity index (χ1) is 24.1. The topological polar surface area (TPSA) is 218 Å². The van der Waals surface area contributed by atoms with Crippen molar-refractivity contribution in [3.8, 4) is 27.7 Å². The van der Waals surface area contributed by atoms with Crippen molar-refractivity contribution in [2.45, 2.75) is 81.5 Å². The van der Waals surface area contributed by atoms with Gasteiger partial charge in [-0.25, -0.2) is 14.6 Å². The van der Waals surface area contributed by atoms with Crippen LogP contribution < -0.4 is 20.7 Å². The molecule has 4 heterocycles. The van der Waals surface area contributed by atoms with Gasteiger partial charge in [0.05, 0.1) is 13.2 Å². The van der Waals surface area contributed by atoms with Gasteiger partial charge in [-0.1, -0.05) is 32.1 Å². The number of nitrogens with zero attached hydrogens (tertiary/aromatic N) is 5. The van der Waals surface area contributed by atoms with Gasteiger partial charge in [-0.15, -0.1) is 16.4 Å². The monoisotopic (exact) mass is 708 g/mol. The lowest BCUT2D eigenvalue weighted by molar-refractivity contribution is -0.145. The standard InChI is InChI=1S/C33H40N8O8S/c1-49-22-11-9-19(10-12-22)26-27(29-34-13-14-50-29)39-41(38-26)21-15-24-28(44)37-33(31(46)47)16-20(33)7-5-3-2-4-6-8-23(30(45)40(24)18-21)36-32(48)35-17-25(42)43/h9-14,20-21,23-24H,2-8,15-18H2,1H3,(H,37,44)(H,42,43)(H,46,47)(H2,35,36,48)/t20-,21+,23+,24+,33+/m1/s1. The Morgan fingerprint density at radius 2 is 1.76 bits per heavy atom. The van der Waals surface area contributed by atoms with Gasteiger partial charge >= 0.3 is 18.0 Å². The van der Waals surface area contributed by atoms with Crippen LogP contribution >= 0.6 is 11.3 Å². The Morgan fingerprint density at radius 3 is 2.44 bits per heavy atom. The second-order valence-electron chi connectivity index (χ2n) is 13.0. The second-order valence-corrected chi connectivity index (χ2v) is 13.9. The molecule has 5 N–H and O–H groups in total. The molecule has 0 bridgehead atoms. The van der Waals surface area contributed by atoms with Crippen LogP contribution in [0.2, 0.25) is 0 Å². The van der Waals surface area contributed by atoms with Crippen LogP contribution in [0.4, 0.5) is 4.79 Å². The van der Waals surface area contributed by atoms with Crippen LogP contribution in [0.3, 0.4) is 0 Å². The number of thiazole rings is 1. The molecular weight excluding hydrogens is 668 g/mol. The van der Waals surface area contributed by atoms with Crippen molar-refractivity contribution in [1.82, 2.24) is 40.8 Å². The molecule has 3 aliphatic rings. The summed E-state index contributed by atoms with van der Waals surface area (Å²) in [6.45, 7) is -0.631. The normalized spacial score (nSPS) is 25.7. The van der Waals surface area contributed by atoms with Gasteiger partial charge in [0.15, 0.2) is 0 Å². The van der Waals surface area contributed by atoms with Gasteiger partial charge in [-0.3, -0.25) is 14.4 Å². The van der Waals surface area contributed by atoms with Crippen LogP contribution in [0, 0.1) is 5.92 Å². The largest absolute Gasteiger partial charge is 0.497 e. The molecule has 3 aromatic rings. The Hall–Kier alpha value is -5.06. The number of carboxylic acid groups (broad SMARTS) is 2. The van der Waals surface area contributed by atoms with E-state index in [2.05, 4.69) is 20.9 Å². The number of ether oxygens (including phenoxy) is 1. The van der Waals surface area contributed by atoms with Crippen molar-refractivity contribution in [2.75, 3.05) is 20.2 Å². The molecule has 1 saturated carbocycles. The summed E-state index contributed by atoms with van der Waals surface area (Å²) in [7, 11) is 1.57. The SMILES string of the molecule is COc1ccc(-c2nn([C@H]3C[C@H]4C(=O)N[C@@]5(C(=O)O)C[C@H]5CCCCCCC[C@H](NC(=O)NCC(=O)O)C(=O)N4C3)nc2-c2nccs2)cc1. The van der Waals surface area contributed by atoms with E-state index in [4.69, 9.17) is 20.0 Å². The number of nitrogens with one attached hydrogen (secondary N) is 3. The van der Waals surface area contributed by atoms with E-state index in [1.54, 1.807) is 25.4 Å². The van der Waals surface area contributed by atoms with Gasteiger partial charge < -0.3 is 35.8 Å². The van der Waals surface area contributed by atoms with Crippen LogP contribution in [-0.2, 0) is 19.2 Å². The molecule has 5 atom stereocenters. The van der Waals surface area contributed by atoms with E-state index in [-0.39, 0.29) is 25.3 Å². The molecule has 1 aliphatic carbocycles. The average Bonchev–Trinajstić information content (AvgIpc) is 3.56. The van der Waals surface area contributed by atoms with Crippen molar-refractivity contribution in [3.63, 3.8) is 0 Å². The zero-order chi connectivity index (χ0) is 35.4. The summed E-state index contributed by atoms with van der Waals surface area (Å²) in [5.74, 6) is -3.02. The van der Waals surface area contributed by atoms with Crippen LogP contribution in [-0.4, -0.2) is 103 Å². The van der Waals surface area contributed by atoms with Gasteiger partial charge in [0.2, 0.25) is 11.8 Å². The number of urea groups is 1. The van der Waals surface area contributed by atoms with E-state index in [0.29, 0.717) is 41.4 Å². The van der Waals surface area contributed by atoms with Crippen LogP contribution in [0.15, 0.2) is 35.8 Å². The number of carbonyl (C=O) groups is 5. The van der Waals surface area contributed by atoms with E-state index >= 15 is 0 Å². The van der Waals surface area contributed by atoms with E-state index < -0.39 is 60.0 Å². The molecule has 3 fully saturated rings. The first kappa shape index (κ1) is 34.8. The van der Waals surface area contributed by atoms with Gasteiger partial charge in [0, 0.05) is 30.1 Å². The number of fused-ring (bicyclic) bond motifs is 2. The molecule has 1 aromatic carbocycles. The number of carboxylic acids is 2. The summed E-state index contributed by atoms with van der Waals surface area (Å²) >= 11 is 1.39. The molecule has 16 nitrogen and oxygen atoms in total. The number of carbonyl (C=O) groups excluding carboxylic acids is 3. The molecule has 0 radical (unpaired) electrons. The fourth-order valence-corrected chi connectivity index (χ4v) is 7.55. The fraction of sp³-hybridized carbons (Fsp3) is 0.515. The Labute approximate surface area is 291 Å². The van der Waals surface area contributed by atoms with E-state index in [1.165, 1.54) is 21.0 Å². The first-order valence-corrected chi connectivity index (χ1v) is 17.6. The van der Waals surface area contributed by atoms with E-state index in [1.807, 2.05) is 17.5 Å². The summed E-state index contributed by atoms with van der Waals surface area (Å²) in [4.78, 5) is 71.9. The van der Waals surface area contributed by atoms with Gasteiger partial charge in [-0.05, 0) is 49.4 Å². The highest BCUT2D eigenvalue weighted by Gasteiger charge is 2.62. The molecular formula is C33H40N8O8S. The second kappa shape index (κ2) is 14.8. The predicted molar refractivity (Wildman–Crippen MR) is 179 cm³/mol. The van der Waals surface area contributed by atoms with Crippen LogP contribution in [0.1, 0.15) is 63.8 Å². The lowest BCUT2D eigenvalue weighted by atomic mass is 10.0. The average molecular weight is 709 g/mol. The zero-order valence-electron chi connectivity index (χ0n) is 27.5. The van der Waals surface area contributed by atoms with Gasteiger partial charge in [0.25, 0.3) is 0 Å².